The van der Waals surface area contributed by atoms with Crippen molar-refractivity contribution in [1.29, 1.82) is 0 Å². The molecule has 0 aromatic heterocycles. The lowest BCUT2D eigenvalue weighted by molar-refractivity contribution is 0.243. The van der Waals surface area contributed by atoms with Crippen LogP contribution in [0.1, 0.15) is 39.2 Å². The minimum atomic E-state index is 0. The fourth-order valence-corrected chi connectivity index (χ4v) is 2.96. The molecule has 1 aromatic rings. The first-order valence-electron chi connectivity index (χ1n) is 9.90. The van der Waals surface area contributed by atoms with Gasteiger partial charge in [0, 0.05) is 19.7 Å². The first-order valence-corrected chi connectivity index (χ1v) is 9.90. The molecule has 1 unspecified atom stereocenters. The van der Waals surface area contributed by atoms with Crippen LogP contribution in [0.25, 0.3) is 0 Å². The van der Waals surface area contributed by atoms with Crippen LogP contribution in [-0.2, 0) is 6.54 Å². The number of halogens is 1. The third-order valence-electron chi connectivity index (χ3n) is 4.20. The van der Waals surface area contributed by atoms with Crippen molar-refractivity contribution in [3.8, 4) is 23.8 Å². The number of terminal acetylenes is 1. The van der Waals surface area contributed by atoms with Crippen molar-refractivity contribution in [2.75, 3.05) is 33.4 Å². The number of aliphatic hydroxyl groups excluding tert-OH is 1. The van der Waals surface area contributed by atoms with Gasteiger partial charge in [0.1, 0.15) is 6.61 Å². The molecule has 0 spiro atoms. The summed E-state index contributed by atoms with van der Waals surface area (Å²) < 4.78 is 10.9. The van der Waals surface area contributed by atoms with E-state index in [1.165, 1.54) is 0 Å². The molecule has 6 nitrogen and oxygen atoms in total. The van der Waals surface area contributed by atoms with Crippen LogP contribution in [0, 0.1) is 24.2 Å². The van der Waals surface area contributed by atoms with Crippen LogP contribution >= 0.6 is 24.0 Å². The molecule has 0 aliphatic carbocycles. The van der Waals surface area contributed by atoms with Gasteiger partial charge in [-0.3, -0.25) is 0 Å². The van der Waals surface area contributed by atoms with Crippen molar-refractivity contribution in [2.24, 2.45) is 16.8 Å². The second kappa shape index (κ2) is 16.2. The smallest absolute Gasteiger partial charge is 0.191 e. The largest absolute Gasteiger partial charge is 0.493 e. The molecule has 3 N–H and O–H groups in total. The molecule has 7 heteroatoms. The molecule has 0 radical (unpaired) electrons. The third-order valence-corrected chi connectivity index (χ3v) is 4.20. The van der Waals surface area contributed by atoms with Crippen LogP contribution in [0.2, 0.25) is 0 Å². The Hall–Kier alpha value is -1.66. The van der Waals surface area contributed by atoms with Crippen LogP contribution in [0.15, 0.2) is 23.2 Å². The third kappa shape index (κ3) is 11.2. The van der Waals surface area contributed by atoms with E-state index in [9.17, 15) is 5.11 Å². The van der Waals surface area contributed by atoms with Gasteiger partial charge >= 0.3 is 0 Å². The number of guanidine groups is 1. The van der Waals surface area contributed by atoms with E-state index in [1.807, 2.05) is 25.1 Å². The fraction of sp³-hybridized carbons (Fsp3) is 0.591. The molecule has 0 saturated carbocycles. The van der Waals surface area contributed by atoms with Crippen molar-refractivity contribution >= 4 is 29.9 Å². The average molecular weight is 517 g/mol. The van der Waals surface area contributed by atoms with Gasteiger partial charge in [-0.25, -0.2) is 4.99 Å². The maximum absolute atomic E-state index is 9.29. The normalized spacial score (nSPS) is 12.0. The van der Waals surface area contributed by atoms with E-state index < -0.39 is 0 Å². The average Bonchev–Trinajstić information content (AvgIpc) is 2.68. The number of hydrogen-bond acceptors (Lipinski definition) is 4. The van der Waals surface area contributed by atoms with E-state index in [-0.39, 0.29) is 37.2 Å². The topological polar surface area (TPSA) is 75.1 Å². The highest BCUT2D eigenvalue weighted by molar-refractivity contribution is 14.0. The van der Waals surface area contributed by atoms with Crippen molar-refractivity contribution < 1.29 is 14.6 Å². The van der Waals surface area contributed by atoms with Gasteiger partial charge in [-0.1, -0.05) is 25.8 Å². The number of aliphatic imine (C=N–C) groups is 1. The number of nitrogens with zero attached hydrogens (tertiary/aromatic N) is 1. The first kappa shape index (κ1) is 27.3. The Morgan fingerprint density at radius 2 is 2.03 bits per heavy atom. The summed E-state index contributed by atoms with van der Waals surface area (Å²) in [6, 6.07) is 5.72. The van der Waals surface area contributed by atoms with Crippen LogP contribution in [0.4, 0.5) is 0 Å². The molecule has 1 aromatic carbocycles. The Morgan fingerprint density at radius 1 is 1.28 bits per heavy atom. The summed E-state index contributed by atoms with van der Waals surface area (Å²) in [5.74, 6) is 5.50. The lowest BCUT2D eigenvalue weighted by Crippen LogP contribution is -2.40. The number of ether oxygens (including phenoxy) is 2. The molecule has 0 heterocycles. The number of nitrogens with one attached hydrogen (secondary N) is 2. The maximum atomic E-state index is 9.29. The van der Waals surface area contributed by atoms with Crippen molar-refractivity contribution in [1.82, 2.24) is 10.6 Å². The molecular weight excluding hydrogens is 481 g/mol. The number of hydrogen-bond donors (Lipinski definition) is 3. The predicted molar refractivity (Wildman–Crippen MR) is 130 cm³/mol. The molecule has 0 aliphatic heterocycles. The van der Waals surface area contributed by atoms with Gasteiger partial charge in [0.25, 0.3) is 0 Å². The zero-order chi connectivity index (χ0) is 20.8. The van der Waals surface area contributed by atoms with Gasteiger partial charge in [-0.2, -0.15) is 0 Å². The standard InChI is InChI=1S/C22H35N3O3.HI/c1-6-12-28-21-14-18(8-9-20(21)27-5)15-24-22(23-7-2)25-16-19(10-11-26)13-17(3)4;/h1,8-9,14,17,19,26H,7,10-13,15-16H2,2-5H3,(H2,23,24,25);1H. The van der Waals surface area contributed by atoms with Crippen LogP contribution in [0.3, 0.4) is 0 Å². The highest BCUT2D eigenvalue weighted by Crippen LogP contribution is 2.28. The Morgan fingerprint density at radius 3 is 2.62 bits per heavy atom. The van der Waals surface area contributed by atoms with E-state index in [0.29, 0.717) is 29.9 Å². The molecule has 1 atom stereocenters. The monoisotopic (exact) mass is 517 g/mol. The second-order valence-electron chi connectivity index (χ2n) is 7.06. The van der Waals surface area contributed by atoms with E-state index >= 15 is 0 Å². The van der Waals surface area contributed by atoms with Crippen LogP contribution in [0.5, 0.6) is 11.5 Å². The summed E-state index contributed by atoms with van der Waals surface area (Å²) in [5.41, 5.74) is 0.999. The zero-order valence-electron chi connectivity index (χ0n) is 18.0. The van der Waals surface area contributed by atoms with Gasteiger partial charge in [0.2, 0.25) is 0 Å². The molecule has 29 heavy (non-hydrogen) atoms. The van der Waals surface area contributed by atoms with Gasteiger partial charge in [0.15, 0.2) is 17.5 Å². The van der Waals surface area contributed by atoms with Gasteiger partial charge < -0.3 is 25.2 Å². The summed E-state index contributed by atoms with van der Waals surface area (Å²) >= 11 is 0. The van der Waals surface area contributed by atoms with E-state index in [0.717, 1.165) is 37.5 Å². The molecule has 0 bridgehead atoms. The lowest BCUT2D eigenvalue weighted by atomic mass is 9.94. The summed E-state index contributed by atoms with van der Waals surface area (Å²) in [4.78, 5) is 4.67. The van der Waals surface area contributed by atoms with E-state index in [1.54, 1.807) is 7.11 Å². The number of rotatable bonds is 12. The quantitative estimate of drug-likeness (QED) is 0.172. The summed E-state index contributed by atoms with van der Waals surface area (Å²) in [7, 11) is 1.60. The first-order chi connectivity index (χ1) is 13.5. The van der Waals surface area contributed by atoms with Gasteiger partial charge in [0.05, 0.1) is 13.7 Å². The van der Waals surface area contributed by atoms with Crippen LogP contribution in [-0.4, -0.2) is 44.5 Å². The maximum Gasteiger partial charge on any atom is 0.191 e. The summed E-state index contributed by atoms with van der Waals surface area (Å²) in [6.07, 6.45) is 7.14. The van der Waals surface area contributed by atoms with Gasteiger partial charge in [-0.05, 0) is 49.3 Å². The Balaban J connectivity index is 0.00000784. The highest BCUT2D eigenvalue weighted by atomic mass is 127. The minimum Gasteiger partial charge on any atom is -0.493 e. The SMILES string of the molecule is C#CCOc1cc(CN=C(NCC)NCC(CCO)CC(C)C)ccc1OC.I. The predicted octanol–water partition coefficient (Wildman–Crippen LogP) is 3.43. The van der Waals surface area contributed by atoms with Crippen molar-refractivity contribution in [2.45, 2.75) is 40.2 Å². The Labute approximate surface area is 192 Å². The molecule has 1 rings (SSSR count). The lowest BCUT2D eigenvalue weighted by Gasteiger charge is -2.20. The molecule has 164 valence electrons. The molecule has 0 saturated heterocycles. The van der Waals surface area contributed by atoms with Crippen LogP contribution < -0.4 is 20.1 Å². The van der Waals surface area contributed by atoms with E-state index in [4.69, 9.17) is 15.9 Å². The minimum absolute atomic E-state index is 0. The molecule has 0 fully saturated rings. The Bertz CT molecular complexity index is 645. The molecule has 0 aliphatic rings. The van der Waals surface area contributed by atoms with Crippen molar-refractivity contribution in [3.63, 3.8) is 0 Å². The van der Waals surface area contributed by atoms with Crippen molar-refractivity contribution in [3.05, 3.63) is 23.8 Å². The number of benzene rings is 1. The second-order valence-corrected chi connectivity index (χ2v) is 7.06. The molecule has 0 amide bonds. The Kier molecular flexibility index (Phi) is 15.2. The van der Waals surface area contributed by atoms with Gasteiger partial charge in [-0.15, -0.1) is 30.4 Å². The zero-order valence-corrected chi connectivity index (χ0v) is 20.4. The summed E-state index contributed by atoms with van der Waals surface area (Å²) in [5, 5.41) is 16.0. The summed E-state index contributed by atoms with van der Waals surface area (Å²) in [6.45, 7) is 8.90. The fourth-order valence-electron chi connectivity index (χ4n) is 2.96. The highest BCUT2D eigenvalue weighted by Gasteiger charge is 2.11. The molecular formula is C22H36IN3O3. The number of methoxy groups -OCH3 is 1. The number of aliphatic hydroxyl groups is 1. The van der Waals surface area contributed by atoms with E-state index in [2.05, 4.69) is 35.4 Å².